The summed E-state index contributed by atoms with van der Waals surface area (Å²) in [5.41, 5.74) is -0.453. The SMILES string of the molecule is CC(C(=O)OC(C)(C)C)N(C)CCO. The lowest BCUT2D eigenvalue weighted by Crippen LogP contribution is -2.41. The van der Waals surface area contributed by atoms with Crippen molar-refractivity contribution in [2.24, 2.45) is 0 Å². The minimum atomic E-state index is -0.453. The second-order valence-electron chi connectivity index (χ2n) is 4.41. The molecule has 1 N–H and O–H groups in total. The first-order chi connectivity index (χ1) is 6.28. The van der Waals surface area contributed by atoms with Gasteiger partial charge in [0.2, 0.25) is 0 Å². The highest BCUT2D eigenvalue weighted by molar-refractivity contribution is 5.75. The van der Waals surface area contributed by atoms with Crippen molar-refractivity contribution in [3.05, 3.63) is 0 Å². The van der Waals surface area contributed by atoms with E-state index in [-0.39, 0.29) is 18.6 Å². The molecule has 4 nitrogen and oxygen atoms in total. The fourth-order valence-electron chi connectivity index (χ4n) is 0.918. The fraction of sp³-hybridized carbons (Fsp3) is 0.900. The standard InChI is InChI=1S/C10H21NO3/c1-8(11(5)6-7-12)9(13)14-10(2,3)4/h8,12H,6-7H2,1-5H3. The number of ether oxygens (including phenoxy) is 1. The third-order valence-electron chi connectivity index (χ3n) is 1.86. The smallest absolute Gasteiger partial charge is 0.323 e. The Labute approximate surface area is 85.9 Å². The topological polar surface area (TPSA) is 49.8 Å². The predicted molar refractivity (Wildman–Crippen MR) is 55.0 cm³/mol. The molecule has 0 spiro atoms. The van der Waals surface area contributed by atoms with Crippen LogP contribution in [0.4, 0.5) is 0 Å². The first kappa shape index (κ1) is 13.4. The fourth-order valence-corrected chi connectivity index (χ4v) is 0.918. The van der Waals surface area contributed by atoms with Crippen molar-refractivity contribution in [3.63, 3.8) is 0 Å². The lowest BCUT2D eigenvalue weighted by Gasteiger charge is -2.26. The summed E-state index contributed by atoms with van der Waals surface area (Å²) >= 11 is 0. The molecule has 0 aliphatic rings. The first-order valence-corrected chi connectivity index (χ1v) is 4.82. The zero-order valence-electron chi connectivity index (χ0n) is 9.70. The zero-order valence-corrected chi connectivity index (χ0v) is 9.70. The molecule has 0 rings (SSSR count). The maximum Gasteiger partial charge on any atom is 0.323 e. The van der Waals surface area contributed by atoms with Crippen molar-refractivity contribution in [1.82, 2.24) is 4.90 Å². The van der Waals surface area contributed by atoms with E-state index < -0.39 is 5.60 Å². The highest BCUT2D eigenvalue weighted by atomic mass is 16.6. The molecule has 0 aliphatic heterocycles. The van der Waals surface area contributed by atoms with Gasteiger partial charge < -0.3 is 9.84 Å². The molecule has 0 aromatic rings. The Morgan fingerprint density at radius 3 is 2.36 bits per heavy atom. The quantitative estimate of drug-likeness (QED) is 0.681. The molecule has 1 atom stereocenters. The average Bonchev–Trinajstić information content (AvgIpc) is 2.00. The van der Waals surface area contributed by atoms with Gasteiger partial charge in [-0.15, -0.1) is 0 Å². The molecule has 0 saturated carbocycles. The van der Waals surface area contributed by atoms with Crippen molar-refractivity contribution in [3.8, 4) is 0 Å². The van der Waals surface area contributed by atoms with Crippen LogP contribution in [0.3, 0.4) is 0 Å². The molecule has 84 valence electrons. The molecule has 0 aliphatic carbocycles. The monoisotopic (exact) mass is 203 g/mol. The molecule has 0 fully saturated rings. The molecule has 0 heterocycles. The van der Waals surface area contributed by atoms with Gasteiger partial charge in [0.1, 0.15) is 11.6 Å². The number of esters is 1. The summed E-state index contributed by atoms with van der Waals surface area (Å²) in [5, 5.41) is 8.71. The Hall–Kier alpha value is -0.610. The molecule has 4 heteroatoms. The lowest BCUT2D eigenvalue weighted by molar-refractivity contribution is -0.160. The summed E-state index contributed by atoms with van der Waals surface area (Å²) in [6, 6.07) is -0.318. The Balaban J connectivity index is 4.12. The van der Waals surface area contributed by atoms with E-state index in [9.17, 15) is 4.79 Å². The van der Waals surface area contributed by atoms with Gasteiger partial charge in [-0.05, 0) is 34.7 Å². The normalized spacial score (nSPS) is 14.2. The summed E-state index contributed by atoms with van der Waals surface area (Å²) in [4.78, 5) is 13.3. The third kappa shape index (κ3) is 5.19. The van der Waals surface area contributed by atoms with Gasteiger partial charge in [0, 0.05) is 6.54 Å². The Bertz CT molecular complexity index is 186. The van der Waals surface area contributed by atoms with E-state index in [4.69, 9.17) is 9.84 Å². The molecule has 0 radical (unpaired) electrons. The van der Waals surface area contributed by atoms with Crippen LogP contribution in [0, 0.1) is 0 Å². The van der Waals surface area contributed by atoms with Gasteiger partial charge in [-0.1, -0.05) is 0 Å². The first-order valence-electron chi connectivity index (χ1n) is 4.82. The van der Waals surface area contributed by atoms with Crippen LogP contribution in [0.15, 0.2) is 0 Å². The van der Waals surface area contributed by atoms with Crippen molar-refractivity contribution >= 4 is 5.97 Å². The van der Waals surface area contributed by atoms with Crippen LogP contribution in [-0.4, -0.2) is 47.8 Å². The van der Waals surface area contributed by atoms with E-state index in [1.54, 1.807) is 18.9 Å². The number of rotatable bonds is 4. The molecular formula is C10H21NO3. The maximum atomic E-state index is 11.5. The van der Waals surface area contributed by atoms with E-state index in [0.29, 0.717) is 6.54 Å². The number of aliphatic hydroxyl groups is 1. The van der Waals surface area contributed by atoms with E-state index in [0.717, 1.165) is 0 Å². The number of nitrogens with zero attached hydrogens (tertiary/aromatic N) is 1. The van der Waals surface area contributed by atoms with Crippen LogP contribution >= 0.6 is 0 Å². The van der Waals surface area contributed by atoms with Gasteiger partial charge >= 0.3 is 5.97 Å². The Kier molecular flexibility index (Phi) is 5.08. The highest BCUT2D eigenvalue weighted by Crippen LogP contribution is 2.10. The number of hydrogen-bond donors (Lipinski definition) is 1. The van der Waals surface area contributed by atoms with Gasteiger partial charge in [0.15, 0.2) is 0 Å². The third-order valence-corrected chi connectivity index (χ3v) is 1.86. The van der Waals surface area contributed by atoms with Crippen LogP contribution in [0.1, 0.15) is 27.7 Å². The van der Waals surface area contributed by atoms with Gasteiger partial charge in [0.25, 0.3) is 0 Å². The van der Waals surface area contributed by atoms with Crippen LogP contribution in [0.5, 0.6) is 0 Å². The number of hydrogen-bond acceptors (Lipinski definition) is 4. The summed E-state index contributed by atoms with van der Waals surface area (Å²) in [5.74, 6) is -0.256. The summed E-state index contributed by atoms with van der Waals surface area (Å²) in [7, 11) is 1.78. The number of aliphatic hydroxyl groups excluding tert-OH is 1. The summed E-state index contributed by atoms with van der Waals surface area (Å²) in [6.45, 7) is 7.80. The number of likely N-dealkylation sites (N-methyl/N-ethyl adjacent to an activating group) is 1. The van der Waals surface area contributed by atoms with Gasteiger partial charge in [-0.3, -0.25) is 9.69 Å². The molecule has 0 bridgehead atoms. The van der Waals surface area contributed by atoms with E-state index in [1.807, 2.05) is 20.8 Å². The van der Waals surface area contributed by atoms with Gasteiger partial charge in [-0.25, -0.2) is 0 Å². The lowest BCUT2D eigenvalue weighted by atomic mass is 10.2. The molecule has 0 aromatic heterocycles. The van der Waals surface area contributed by atoms with E-state index in [2.05, 4.69) is 0 Å². The maximum absolute atomic E-state index is 11.5. The Morgan fingerprint density at radius 2 is 2.00 bits per heavy atom. The van der Waals surface area contributed by atoms with Crippen molar-refractivity contribution in [2.45, 2.75) is 39.3 Å². The molecule has 0 amide bonds. The van der Waals surface area contributed by atoms with Crippen LogP contribution < -0.4 is 0 Å². The molecular weight excluding hydrogens is 182 g/mol. The predicted octanol–water partition coefficient (Wildman–Crippen LogP) is 0.641. The summed E-state index contributed by atoms with van der Waals surface area (Å²) < 4.78 is 5.20. The highest BCUT2D eigenvalue weighted by Gasteiger charge is 2.24. The minimum Gasteiger partial charge on any atom is -0.459 e. The van der Waals surface area contributed by atoms with Crippen molar-refractivity contribution in [2.75, 3.05) is 20.2 Å². The van der Waals surface area contributed by atoms with Crippen molar-refractivity contribution in [1.29, 1.82) is 0 Å². The van der Waals surface area contributed by atoms with Crippen LogP contribution in [0.2, 0.25) is 0 Å². The number of carbonyl (C=O) groups excluding carboxylic acids is 1. The molecule has 14 heavy (non-hydrogen) atoms. The number of carbonyl (C=O) groups is 1. The minimum absolute atomic E-state index is 0.0453. The largest absolute Gasteiger partial charge is 0.459 e. The molecule has 1 unspecified atom stereocenters. The van der Waals surface area contributed by atoms with Crippen molar-refractivity contribution < 1.29 is 14.6 Å². The molecule has 0 saturated heterocycles. The van der Waals surface area contributed by atoms with E-state index >= 15 is 0 Å². The van der Waals surface area contributed by atoms with Crippen LogP contribution in [0.25, 0.3) is 0 Å². The van der Waals surface area contributed by atoms with E-state index in [1.165, 1.54) is 0 Å². The Morgan fingerprint density at radius 1 is 1.50 bits per heavy atom. The molecule has 0 aromatic carbocycles. The van der Waals surface area contributed by atoms with Gasteiger partial charge in [-0.2, -0.15) is 0 Å². The van der Waals surface area contributed by atoms with Gasteiger partial charge in [0.05, 0.1) is 6.61 Å². The average molecular weight is 203 g/mol. The van der Waals surface area contributed by atoms with Crippen LogP contribution in [-0.2, 0) is 9.53 Å². The second kappa shape index (κ2) is 5.32. The summed E-state index contributed by atoms with van der Waals surface area (Å²) in [6.07, 6.45) is 0. The second-order valence-corrected chi connectivity index (χ2v) is 4.41. The zero-order chi connectivity index (χ0) is 11.4.